The predicted molar refractivity (Wildman–Crippen MR) is 183 cm³/mol. The van der Waals surface area contributed by atoms with Crippen molar-refractivity contribution in [2.24, 2.45) is 0 Å². The molecule has 1 aliphatic carbocycles. The molecule has 0 bridgehead atoms. The van der Waals surface area contributed by atoms with E-state index >= 15 is 4.39 Å². The number of halogens is 3. The molecule has 1 unspecified atom stereocenters. The molecule has 0 saturated heterocycles. The van der Waals surface area contributed by atoms with Crippen LogP contribution < -0.4 is 9.62 Å². The van der Waals surface area contributed by atoms with Crippen molar-refractivity contribution in [3.63, 3.8) is 0 Å². The zero-order chi connectivity index (χ0) is 33.4. The molecule has 4 aromatic carbocycles. The average Bonchev–Trinajstić information content (AvgIpc) is 3.07. The monoisotopic (exact) mass is 695 g/mol. The second-order valence-electron chi connectivity index (χ2n) is 11.6. The molecule has 0 spiro atoms. The molecule has 246 valence electrons. The second kappa shape index (κ2) is 15.8. The van der Waals surface area contributed by atoms with Gasteiger partial charge in [0.2, 0.25) is 11.8 Å². The fraction of sp³-hybridized carbons (Fsp3) is 0.278. The summed E-state index contributed by atoms with van der Waals surface area (Å²) < 4.78 is 44.1. The summed E-state index contributed by atoms with van der Waals surface area (Å²) in [4.78, 5) is 30.0. The smallest absolute Gasteiger partial charge is 0.264 e. The first-order valence-electron chi connectivity index (χ1n) is 15.5. The van der Waals surface area contributed by atoms with Gasteiger partial charge in [-0.15, -0.1) is 0 Å². The third-order valence-electron chi connectivity index (χ3n) is 8.31. The number of rotatable bonds is 12. The number of nitrogens with zero attached hydrogens (tertiary/aromatic N) is 2. The summed E-state index contributed by atoms with van der Waals surface area (Å²) >= 11 is 12.7. The molecule has 47 heavy (non-hydrogen) atoms. The highest BCUT2D eigenvalue weighted by Gasteiger charge is 2.36. The zero-order valence-electron chi connectivity index (χ0n) is 25.7. The number of anilines is 1. The number of carbonyl (C=O) groups is 2. The molecule has 0 heterocycles. The summed E-state index contributed by atoms with van der Waals surface area (Å²) in [6, 6.07) is 25.9. The van der Waals surface area contributed by atoms with E-state index in [9.17, 15) is 18.0 Å². The summed E-state index contributed by atoms with van der Waals surface area (Å²) in [5.74, 6) is -1.89. The number of hydrogen-bond donors (Lipinski definition) is 1. The van der Waals surface area contributed by atoms with E-state index in [1.807, 2.05) is 30.3 Å². The average molecular weight is 697 g/mol. The molecule has 4 aromatic rings. The van der Waals surface area contributed by atoms with Crippen molar-refractivity contribution in [1.82, 2.24) is 10.2 Å². The number of carbonyl (C=O) groups excluding carboxylic acids is 2. The van der Waals surface area contributed by atoms with Crippen LogP contribution in [0.15, 0.2) is 108 Å². The predicted octanol–water partition coefficient (Wildman–Crippen LogP) is 7.42. The van der Waals surface area contributed by atoms with Crippen LogP contribution in [-0.2, 0) is 32.6 Å². The molecule has 1 atom stereocenters. The van der Waals surface area contributed by atoms with Crippen molar-refractivity contribution < 1.29 is 22.4 Å². The Bertz CT molecular complexity index is 1790. The van der Waals surface area contributed by atoms with Crippen LogP contribution in [0.2, 0.25) is 10.0 Å². The van der Waals surface area contributed by atoms with Crippen molar-refractivity contribution in [2.45, 2.75) is 62.0 Å². The Morgan fingerprint density at radius 3 is 2.15 bits per heavy atom. The van der Waals surface area contributed by atoms with Crippen LogP contribution >= 0.6 is 23.2 Å². The largest absolute Gasteiger partial charge is 0.352 e. The van der Waals surface area contributed by atoms with Gasteiger partial charge in [0, 0.05) is 29.1 Å². The molecule has 1 saturated carbocycles. The van der Waals surface area contributed by atoms with E-state index in [4.69, 9.17) is 23.2 Å². The summed E-state index contributed by atoms with van der Waals surface area (Å²) in [5, 5.41) is 3.83. The molecule has 1 fully saturated rings. The van der Waals surface area contributed by atoms with Crippen molar-refractivity contribution in [1.29, 1.82) is 0 Å². The molecule has 2 amide bonds. The van der Waals surface area contributed by atoms with Gasteiger partial charge >= 0.3 is 0 Å². The van der Waals surface area contributed by atoms with Gasteiger partial charge in [0.15, 0.2) is 0 Å². The first kappa shape index (κ1) is 34.4. The number of nitrogens with one attached hydrogen (secondary N) is 1. The number of benzene rings is 4. The van der Waals surface area contributed by atoms with Crippen molar-refractivity contribution >= 4 is 50.7 Å². The standard InChI is InChI=1S/C36H36Cl2FN3O4S/c37-28-21-20-27(31(38)23-28)24-41(34(22-26-12-4-1-5-13-26)36(44)40-29-14-6-2-7-15-29)35(43)25-42(33-19-11-10-18-32(33)39)47(45,46)30-16-8-3-9-17-30/h1,3-5,8-13,16-21,23,29,34H,2,6-7,14-15,22,24-25H2,(H,40,44). The SMILES string of the molecule is O=C(NC1CCCCC1)C(Cc1ccccc1)N(Cc1ccc(Cl)cc1Cl)C(=O)CN(c1ccccc1F)S(=O)(=O)c1ccccc1. The molecule has 7 nitrogen and oxygen atoms in total. The van der Waals surface area contributed by atoms with Crippen molar-refractivity contribution in [2.75, 3.05) is 10.8 Å². The van der Waals surface area contributed by atoms with Crippen molar-refractivity contribution in [3.05, 3.63) is 130 Å². The normalized spacial score (nSPS) is 14.3. The molecule has 0 aliphatic heterocycles. The molecule has 1 aliphatic rings. The number of hydrogen-bond acceptors (Lipinski definition) is 4. The third-order valence-corrected chi connectivity index (χ3v) is 10.7. The lowest BCUT2D eigenvalue weighted by molar-refractivity contribution is -0.140. The Morgan fingerprint density at radius 2 is 1.49 bits per heavy atom. The molecule has 0 aromatic heterocycles. The topological polar surface area (TPSA) is 86.8 Å². The Kier molecular flexibility index (Phi) is 11.6. The summed E-state index contributed by atoms with van der Waals surface area (Å²) in [7, 11) is -4.42. The summed E-state index contributed by atoms with van der Waals surface area (Å²) in [6.07, 6.45) is 4.90. The number of para-hydroxylation sites is 1. The third kappa shape index (κ3) is 8.71. The zero-order valence-corrected chi connectivity index (χ0v) is 28.0. The van der Waals surface area contributed by atoms with Crippen LogP contribution in [0.3, 0.4) is 0 Å². The van der Waals surface area contributed by atoms with Gasteiger partial charge < -0.3 is 10.2 Å². The van der Waals surface area contributed by atoms with Crippen LogP contribution in [0.5, 0.6) is 0 Å². The quantitative estimate of drug-likeness (QED) is 0.167. The van der Waals surface area contributed by atoms with E-state index in [0.29, 0.717) is 10.6 Å². The fourth-order valence-corrected chi connectivity index (χ4v) is 7.73. The fourth-order valence-electron chi connectivity index (χ4n) is 5.82. The number of amides is 2. The maximum absolute atomic E-state index is 15.3. The minimum Gasteiger partial charge on any atom is -0.352 e. The van der Waals surface area contributed by atoms with E-state index in [2.05, 4.69) is 5.32 Å². The van der Waals surface area contributed by atoms with Crippen LogP contribution in [0.25, 0.3) is 0 Å². The van der Waals surface area contributed by atoms with Gasteiger partial charge in [0.05, 0.1) is 10.6 Å². The van der Waals surface area contributed by atoms with Gasteiger partial charge in [0.1, 0.15) is 18.4 Å². The van der Waals surface area contributed by atoms with Crippen LogP contribution in [0.1, 0.15) is 43.2 Å². The second-order valence-corrected chi connectivity index (χ2v) is 14.3. The van der Waals surface area contributed by atoms with Crippen LogP contribution in [-0.4, -0.2) is 43.8 Å². The summed E-state index contributed by atoms with van der Waals surface area (Å²) in [6.45, 7) is -0.897. The highest BCUT2D eigenvalue weighted by atomic mass is 35.5. The van der Waals surface area contributed by atoms with Crippen molar-refractivity contribution in [3.8, 4) is 0 Å². The lowest BCUT2D eigenvalue weighted by Crippen LogP contribution is -2.55. The first-order chi connectivity index (χ1) is 22.6. The summed E-state index contributed by atoms with van der Waals surface area (Å²) in [5.41, 5.74) is 1.02. The first-order valence-corrected chi connectivity index (χ1v) is 17.7. The molecular formula is C36H36Cl2FN3O4S. The number of sulfonamides is 1. The lowest BCUT2D eigenvalue weighted by atomic mass is 9.94. The van der Waals surface area contributed by atoms with Gasteiger partial charge in [-0.25, -0.2) is 12.8 Å². The van der Waals surface area contributed by atoms with E-state index in [-0.39, 0.29) is 40.5 Å². The lowest BCUT2D eigenvalue weighted by Gasteiger charge is -2.35. The van der Waals surface area contributed by atoms with E-state index in [1.165, 1.54) is 35.2 Å². The Morgan fingerprint density at radius 1 is 0.851 bits per heavy atom. The van der Waals surface area contributed by atoms with Crippen LogP contribution in [0, 0.1) is 5.82 Å². The Hall–Kier alpha value is -3.92. The minimum absolute atomic E-state index is 0.0426. The van der Waals surface area contributed by atoms with E-state index in [1.54, 1.807) is 36.4 Å². The Labute approximate surface area is 285 Å². The van der Waals surface area contributed by atoms with Gasteiger partial charge in [-0.2, -0.15) is 0 Å². The molecule has 11 heteroatoms. The maximum Gasteiger partial charge on any atom is 0.264 e. The van der Waals surface area contributed by atoms with Crippen LogP contribution in [0.4, 0.5) is 10.1 Å². The Balaban J connectivity index is 1.58. The van der Waals surface area contributed by atoms with Gasteiger partial charge in [0.25, 0.3) is 10.0 Å². The minimum atomic E-state index is -4.42. The maximum atomic E-state index is 15.3. The van der Waals surface area contributed by atoms with Gasteiger partial charge in [-0.1, -0.05) is 109 Å². The molecule has 5 rings (SSSR count). The molecule has 1 N–H and O–H groups in total. The van der Waals surface area contributed by atoms with Gasteiger partial charge in [-0.3, -0.25) is 13.9 Å². The highest BCUT2D eigenvalue weighted by Crippen LogP contribution is 2.29. The molecule has 0 radical (unpaired) electrons. The van der Waals surface area contributed by atoms with E-state index < -0.39 is 34.3 Å². The highest BCUT2D eigenvalue weighted by molar-refractivity contribution is 7.92. The van der Waals surface area contributed by atoms with E-state index in [0.717, 1.165) is 48.0 Å². The molecular weight excluding hydrogens is 660 g/mol. The van der Waals surface area contributed by atoms with Gasteiger partial charge in [-0.05, 0) is 60.4 Å².